The van der Waals surface area contributed by atoms with E-state index in [0.717, 1.165) is 25.3 Å². The monoisotopic (exact) mass is 253 g/mol. The molecule has 6 heteroatoms. The number of amides is 1. The van der Waals surface area contributed by atoms with Gasteiger partial charge in [-0.1, -0.05) is 6.92 Å². The zero-order valence-electron chi connectivity index (χ0n) is 10.8. The summed E-state index contributed by atoms with van der Waals surface area (Å²) in [4.78, 5) is 15.6. The van der Waals surface area contributed by atoms with Gasteiger partial charge < -0.3 is 19.8 Å². The van der Waals surface area contributed by atoms with Gasteiger partial charge >= 0.3 is 0 Å². The Morgan fingerprint density at radius 3 is 3.00 bits per heavy atom. The molecule has 6 nitrogen and oxygen atoms in total. The zero-order valence-corrected chi connectivity index (χ0v) is 10.8. The highest BCUT2D eigenvalue weighted by Crippen LogP contribution is 2.14. The number of rotatable bonds is 6. The minimum atomic E-state index is -0.199. The molecule has 2 rings (SSSR count). The number of carbonyl (C=O) groups excluding carboxylic acids is 1. The van der Waals surface area contributed by atoms with Gasteiger partial charge in [0.05, 0.1) is 18.3 Å². The van der Waals surface area contributed by atoms with Crippen LogP contribution in [0.5, 0.6) is 0 Å². The molecule has 0 spiro atoms. The standard InChI is InChI=1S/C12H19N3O3/c1-3-9-4-15-11(18-9)5-14-10(16)6-17-12(2)7-13-8-12/h4,13H,3,5-8H2,1-2H3,(H,14,16). The van der Waals surface area contributed by atoms with Crippen LogP contribution in [-0.2, 0) is 22.5 Å². The van der Waals surface area contributed by atoms with Crippen molar-refractivity contribution in [1.29, 1.82) is 0 Å². The molecule has 18 heavy (non-hydrogen) atoms. The first-order valence-corrected chi connectivity index (χ1v) is 6.16. The summed E-state index contributed by atoms with van der Waals surface area (Å²) >= 11 is 0. The number of hydrogen-bond donors (Lipinski definition) is 2. The van der Waals surface area contributed by atoms with Crippen molar-refractivity contribution >= 4 is 5.91 Å². The average Bonchev–Trinajstić information content (AvgIpc) is 2.79. The van der Waals surface area contributed by atoms with E-state index in [4.69, 9.17) is 9.15 Å². The molecule has 0 unspecified atom stereocenters. The Hall–Kier alpha value is -1.40. The van der Waals surface area contributed by atoms with E-state index in [0.29, 0.717) is 12.4 Å². The molecule has 1 aliphatic heterocycles. The topological polar surface area (TPSA) is 76.4 Å². The molecule has 1 amide bonds. The number of aryl methyl sites for hydroxylation is 1. The number of carbonyl (C=O) groups is 1. The minimum absolute atomic E-state index is 0.0690. The maximum Gasteiger partial charge on any atom is 0.246 e. The fourth-order valence-corrected chi connectivity index (χ4v) is 1.64. The van der Waals surface area contributed by atoms with Gasteiger partial charge in [0.2, 0.25) is 11.8 Å². The van der Waals surface area contributed by atoms with Crippen LogP contribution in [0.4, 0.5) is 0 Å². The van der Waals surface area contributed by atoms with Gasteiger partial charge in [0.1, 0.15) is 12.4 Å². The first kappa shape index (κ1) is 13.0. The maximum atomic E-state index is 11.6. The lowest BCUT2D eigenvalue weighted by molar-refractivity contribution is -0.136. The average molecular weight is 253 g/mol. The predicted octanol–water partition coefficient (Wildman–Crippen LogP) is 0.232. The Morgan fingerprint density at radius 2 is 2.44 bits per heavy atom. The summed E-state index contributed by atoms with van der Waals surface area (Å²) in [6.45, 7) is 5.93. The largest absolute Gasteiger partial charge is 0.444 e. The smallest absolute Gasteiger partial charge is 0.246 e. The molecular weight excluding hydrogens is 234 g/mol. The Kier molecular flexibility index (Phi) is 3.98. The molecule has 1 saturated heterocycles. The molecule has 0 saturated carbocycles. The first-order valence-electron chi connectivity index (χ1n) is 6.16. The van der Waals surface area contributed by atoms with Crippen molar-refractivity contribution in [2.45, 2.75) is 32.4 Å². The van der Waals surface area contributed by atoms with Gasteiger partial charge in [-0.3, -0.25) is 4.79 Å². The van der Waals surface area contributed by atoms with Crippen LogP contribution in [0.3, 0.4) is 0 Å². The second kappa shape index (κ2) is 5.49. The van der Waals surface area contributed by atoms with Crippen molar-refractivity contribution in [2.75, 3.05) is 19.7 Å². The molecule has 2 N–H and O–H groups in total. The lowest BCUT2D eigenvalue weighted by atomic mass is 10.0. The summed E-state index contributed by atoms with van der Waals surface area (Å²) < 4.78 is 10.9. The quantitative estimate of drug-likeness (QED) is 0.759. The van der Waals surface area contributed by atoms with E-state index in [1.54, 1.807) is 6.20 Å². The molecule has 0 atom stereocenters. The molecular formula is C12H19N3O3. The van der Waals surface area contributed by atoms with Crippen molar-refractivity contribution in [3.63, 3.8) is 0 Å². The van der Waals surface area contributed by atoms with E-state index in [2.05, 4.69) is 15.6 Å². The van der Waals surface area contributed by atoms with Crippen LogP contribution >= 0.6 is 0 Å². The third-order valence-corrected chi connectivity index (χ3v) is 2.94. The molecule has 0 bridgehead atoms. The number of nitrogens with one attached hydrogen (secondary N) is 2. The third-order valence-electron chi connectivity index (χ3n) is 2.94. The molecule has 2 heterocycles. The van der Waals surface area contributed by atoms with Gasteiger partial charge in [-0.15, -0.1) is 0 Å². The molecule has 100 valence electrons. The van der Waals surface area contributed by atoms with Crippen LogP contribution in [0.25, 0.3) is 0 Å². The Balaban J connectivity index is 1.68. The van der Waals surface area contributed by atoms with Gasteiger partial charge in [0, 0.05) is 19.5 Å². The van der Waals surface area contributed by atoms with E-state index >= 15 is 0 Å². The number of oxazole rings is 1. The van der Waals surface area contributed by atoms with Crippen LogP contribution in [0.2, 0.25) is 0 Å². The summed E-state index contributed by atoms with van der Waals surface area (Å²) in [5, 5.41) is 5.83. The highest BCUT2D eigenvalue weighted by atomic mass is 16.5. The molecule has 0 aliphatic carbocycles. The van der Waals surface area contributed by atoms with Crippen LogP contribution < -0.4 is 10.6 Å². The highest BCUT2D eigenvalue weighted by molar-refractivity contribution is 5.77. The SMILES string of the molecule is CCc1cnc(CNC(=O)COC2(C)CNC2)o1. The van der Waals surface area contributed by atoms with Gasteiger partial charge in [-0.25, -0.2) is 4.98 Å². The number of hydrogen-bond acceptors (Lipinski definition) is 5. The van der Waals surface area contributed by atoms with Crippen molar-refractivity contribution in [3.8, 4) is 0 Å². The van der Waals surface area contributed by atoms with Crippen LogP contribution in [0.1, 0.15) is 25.5 Å². The van der Waals surface area contributed by atoms with E-state index in [-0.39, 0.29) is 18.1 Å². The first-order chi connectivity index (χ1) is 8.61. The van der Waals surface area contributed by atoms with Gasteiger partial charge in [-0.05, 0) is 6.92 Å². The molecule has 0 radical (unpaired) electrons. The molecule has 1 aliphatic rings. The van der Waals surface area contributed by atoms with E-state index in [1.807, 2.05) is 13.8 Å². The second-order valence-corrected chi connectivity index (χ2v) is 4.69. The highest BCUT2D eigenvalue weighted by Gasteiger charge is 2.32. The summed E-state index contributed by atoms with van der Waals surface area (Å²) in [7, 11) is 0. The minimum Gasteiger partial charge on any atom is -0.444 e. The van der Waals surface area contributed by atoms with E-state index in [1.165, 1.54) is 0 Å². The van der Waals surface area contributed by atoms with Crippen LogP contribution in [0, 0.1) is 0 Å². The molecule has 0 aromatic carbocycles. The number of ether oxygens (including phenoxy) is 1. The molecule has 1 fully saturated rings. The van der Waals surface area contributed by atoms with Gasteiger partial charge in [0.15, 0.2) is 0 Å². The summed E-state index contributed by atoms with van der Waals surface area (Å²) in [5.74, 6) is 1.19. The lowest BCUT2D eigenvalue weighted by Crippen LogP contribution is -2.59. The summed E-state index contributed by atoms with van der Waals surface area (Å²) in [6.07, 6.45) is 2.48. The van der Waals surface area contributed by atoms with E-state index < -0.39 is 0 Å². The fraction of sp³-hybridized carbons (Fsp3) is 0.667. The maximum absolute atomic E-state index is 11.6. The second-order valence-electron chi connectivity index (χ2n) is 4.69. The van der Waals surface area contributed by atoms with Crippen LogP contribution in [0.15, 0.2) is 10.6 Å². The van der Waals surface area contributed by atoms with Gasteiger partial charge in [-0.2, -0.15) is 0 Å². The Labute approximate surface area is 106 Å². The summed E-state index contributed by atoms with van der Waals surface area (Å²) in [6, 6.07) is 0. The zero-order chi connectivity index (χ0) is 13.0. The molecule has 1 aromatic heterocycles. The molecule has 1 aromatic rings. The number of aromatic nitrogens is 1. The van der Waals surface area contributed by atoms with Crippen LogP contribution in [-0.4, -0.2) is 36.2 Å². The Morgan fingerprint density at radius 1 is 1.67 bits per heavy atom. The van der Waals surface area contributed by atoms with Crippen molar-refractivity contribution in [3.05, 3.63) is 17.8 Å². The van der Waals surface area contributed by atoms with Crippen molar-refractivity contribution in [2.24, 2.45) is 0 Å². The fourth-order valence-electron chi connectivity index (χ4n) is 1.64. The third kappa shape index (κ3) is 3.30. The van der Waals surface area contributed by atoms with Gasteiger partial charge in [0.25, 0.3) is 0 Å². The van der Waals surface area contributed by atoms with Crippen molar-refractivity contribution in [1.82, 2.24) is 15.6 Å². The predicted molar refractivity (Wildman–Crippen MR) is 65.0 cm³/mol. The lowest BCUT2D eigenvalue weighted by Gasteiger charge is -2.38. The number of nitrogens with zero attached hydrogens (tertiary/aromatic N) is 1. The Bertz CT molecular complexity index is 412. The van der Waals surface area contributed by atoms with E-state index in [9.17, 15) is 4.79 Å². The summed E-state index contributed by atoms with van der Waals surface area (Å²) in [5.41, 5.74) is -0.199. The van der Waals surface area contributed by atoms with Crippen molar-refractivity contribution < 1.29 is 13.9 Å². The normalized spacial score (nSPS) is 17.2.